The fourth-order valence-corrected chi connectivity index (χ4v) is 5.58. The van der Waals surface area contributed by atoms with Crippen LogP contribution in [-0.2, 0) is 14.8 Å². The fraction of sp³-hybridized carbons (Fsp3) is 0.409. The Hall–Kier alpha value is -3.02. The lowest BCUT2D eigenvalue weighted by molar-refractivity contribution is 0.0987. The zero-order chi connectivity index (χ0) is 23.2. The van der Waals surface area contributed by atoms with Crippen molar-refractivity contribution in [2.45, 2.75) is 13.0 Å². The van der Waals surface area contributed by atoms with E-state index < -0.39 is 10.0 Å². The van der Waals surface area contributed by atoms with E-state index in [2.05, 4.69) is 21.8 Å². The van der Waals surface area contributed by atoms with Gasteiger partial charge in [0.2, 0.25) is 10.0 Å². The molecule has 0 spiro atoms. The van der Waals surface area contributed by atoms with Gasteiger partial charge in [-0.25, -0.2) is 27.3 Å². The number of pyridine rings is 1. The van der Waals surface area contributed by atoms with Crippen molar-refractivity contribution in [2.24, 2.45) is 0 Å². The van der Waals surface area contributed by atoms with Gasteiger partial charge in [0.25, 0.3) is 0 Å². The molecule has 5 heterocycles. The van der Waals surface area contributed by atoms with Crippen LogP contribution in [-0.4, -0.2) is 89.4 Å². The number of hydrogen-bond donors (Lipinski definition) is 1. The van der Waals surface area contributed by atoms with Gasteiger partial charge in [-0.2, -0.15) is 0 Å². The molecule has 0 radical (unpaired) electrons. The zero-order valence-corrected chi connectivity index (χ0v) is 19.7. The molecular formula is C22H27N7O3S. The molecule has 0 aliphatic carbocycles. The lowest BCUT2D eigenvalue weighted by Gasteiger charge is -2.34. The average Bonchev–Trinajstić information content (AvgIpc) is 3.45. The number of H-pyrrole nitrogens is 1. The van der Waals surface area contributed by atoms with E-state index in [-0.39, 0.29) is 11.8 Å². The van der Waals surface area contributed by atoms with E-state index >= 15 is 0 Å². The largest absolute Gasteiger partial charge is 0.377 e. The molecule has 33 heavy (non-hydrogen) atoms. The number of aromatic nitrogens is 5. The lowest BCUT2D eigenvalue weighted by atomic mass is 10.1. The van der Waals surface area contributed by atoms with Crippen molar-refractivity contribution in [3.63, 3.8) is 0 Å². The number of aromatic amines is 1. The van der Waals surface area contributed by atoms with E-state index in [0.29, 0.717) is 49.0 Å². The van der Waals surface area contributed by atoms with E-state index in [0.717, 1.165) is 16.6 Å². The first kappa shape index (κ1) is 21.8. The maximum Gasteiger partial charge on any atom is 0.241 e. The molecule has 1 fully saturated rings. The summed E-state index contributed by atoms with van der Waals surface area (Å²) in [5.74, 6) is 1.17. The van der Waals surface area contributed by atoms with Crippen LogP contribution in [0.3, 0.4) is 0 Å². The van der Waals surface area contributed by atoms with Crippen LogP contribution in [0.15, 0.2) is 36.8 Å². The van der Waals surface area contributed by atoms with E-state index in [1.54, 1.807) is 18.5 Å². The molecule has 0 amide bonds. The normalized spacial score (nSPS) is 17.5. The second-order valence-electron chi connectivity index (χ2n) is 8.55. The molecule has 1 atom stereocenters. The molecule has 0 saturated carbocycles. The van der Waals surface area contributed by atoms with Crippen molar-refractivity contribution in [1.29, 1.82) is 0 Å². The summed E-state index contributed by atoms with van der Waals surface area (Å²) in [4.78, 5) is 21.2. The van der Waals surface area contributed by atoms with Crippen molar-refractivity contribution in [3.8, 4) is 11.4 Å². The molecule has 174 valence electrons. The summed E-state index contributed by atoms with van der Waals surface area (Å²) in [5, 5.41) is 1.59. The molecule has 0 aromatic carbocycles. The van der Waals surface area contributed by atoms with Gasteiger partial charge < -0.3 is 19.5 Å². The highest BCUT2D eigenvalue weighted by molar-refractivity contribution is 7.90. The number of rotatable bonds is 6. The third-order valence-corrected chi connectivity index (χ3v) is 7.52. The van der Waals surface area contributed by atoms with E-state index in [9.17, 15) is 8.42 Å². The quantitative estimate of drug-likeness (QED) is 0.456. The molecule has 10 nitrogen and oxygen atoms in total. The monoisotopic (exact) mass is 469 g/mol. The van der Waals surface area contributed by atoms with E-state index in [1.165, 1.54) is 3.97 Å². The minimum atomic E-state index is -3.61. The molecule has 4 aromatic rings. The molecule has 1 N–H and O–H groups in total. The first-order chi connectivity index (χ1) is 15.8. The number of hydrogen-bond acceptors (Lipinski definition) is 8. The van der Waals surface area contributed by atoms with Crippen LogP contribution in [0.4, 0.5) is 5.82 Å². The van der Waals surface area contributed by atoms with Crippen LogP contribution >= 0.6 is 0 Å². The molecule has 1 saturated heterocycles. The highest BCUT2D eigenvalue weighted by Crippen LogP contribution is 2.33. The van der Waals surface area contributed by atoms with Gasteiger partial charge in [-0.3, -0.25) is 0 Å². The number of nitrogens with one attached hydrogen (secondary N) is 1. The van der Waals surface area contributed by atoms with Gasteiger partial charge in [0.1, 0.15) is 11.5 Å². The molecule has 5 rings (SSSR count). The Morgan fingerprint density at radius 2 is 2.06 bits per heavy atom. The predicted molar refractivity (Wildman–Crippen MR) is 128 cm³/mol. The van der Waals surface area contributed by atoms with E-state index in [1.807, 2.05) is 37.3 Å². The molecular weight excluding hydrogens is 442 g/mol. The molecule has 4 aromatic heterocycles. The smallest absolute Gasteiger partial charge is 0.241 e. The van der Waals surface area contributed by atoms with Gasteiger partial charge in [-0.05, 0) is 39.2 Å². The Balaban J connectivity index is 1.73. The summed E-state index contributed by atoms with van der Waals surface area (Å²) in [7, 11) is 0.101. The van der Waals surface area contributed by atoms with Gasteiger partial charge in [0.05, 0.1) is 30.4 Å². The maximum absolute atomic E-state index is 13.2. The molecule has 0 bridgehead atoms. The van der Waals surface area contributed by atoms with Gasteiger partial charge in [-0.1, -0.05) is 0 Å². The molecule has 1 aliphatic rings. The Bertz CT molecular complexity index is 1410. The van der Waals surface area contributed by atoms with Crippen LogP contribution in [0.5, 0.6) is 0 Å². The average molecular weight is 470 g/mol. The summed E-state index contributed by atoms with van der Waals surface area (Å²) >= 11 is 0. The third-order valence-electron chi connectivity index (χ3n) is 5.93. The lowest BCUT2D eigenvalue weighted by Crippen LogP contribution is -2.44. The number of nitrogens with zero attached hydrogens (tertiary/aromatic N) is 6. The van der Waals surface area contributed by atoms with Crippen molar-refractivity contribution >= 4 is 37.9 Å². The minimum absolute atomic E-state index is 0.0102. The number of ether oxygens (including phenoxy) is 1. The SMILES string of the molecule is C[C@@H]1COCCN1c1nc(-c2ccnc3[nH]ccc23)nc2c1ccn2S(=O)(=O)CCN(C)C. The number of anilines is 1. The van der Waals surface area contributed by atoms with Crippen molar-refractivity contribution in [3.05, 3.63) is 36.8 Å². The molecule has 0 unspecified atom stereocenters. The topological polar surface area (TPSA) is 109 Å². The van der Waals surface area contributed by atoms with Crippen molar-refractivity contribution < 1.29 is 13.2 Å². The van der Waals surface area contributed by atoms with Crippen LogP contribution < -0.4 is 4.90 Å². The second kappa shape index (κ2) is 8.40. The third kappa shape index (κ3) is 3.96. The summed E-state index contributed by atoms with van der Waals surface area (Å²) in [6.07, 6.45) is 5.10. The second-order valence-corrected chi connectivity index (χ2v) is 10.5. The van der Waals surface area contributed by atoms with Crippen molar-refractivity contribution in [2.75, 3.05) is 51.1 Å². The van der Waals surface area contributed by atoms with Crippen molar-refractivity contribution in [1.82, 2.24) is 28.8 Å². The Kier molecular flexibility index (Phi) is 5.55. The van der Waals surface area contributed by atoms with Crippen LogP contribution in [0, 0.1) is 0 Å². The standard InChI is InChI=1S/C22H27N7O3S/c1-15-14-32-12-10-28(15)21-18-6-9-29(33(30,31)13-11-27(2)3)22(18)26-20(25-21)17-5-8-24-19-16(17)4-7-23-19/h4-9,15H,10-14H2,1-3H3,(H,23,24)/t15-/m1/s1. The summed E-state index contributed by atoms with van der Waals surface area (Å²) < 4.78 is 33.3. The highest BCUT2D eigenvalue weighted by Gasteiger charge is 2.27. The number of fused-ring (bicyclic) bond motifs is 2. The van der Waals surface area contributed by atoms with Gasteiger partial charge in [-0.15, -0.1) is 0 Å². The minimum Gasteiger partial charge on any atom is -0.377 e. The van der Waals surface area contributed by atoms with Crippen LogP contribution in [0.25, 0.3) is 33.5 Å². The summed E-state index contributed by atoms with van der Waals surface area (Å²) in [5.41, 5.74) is 1.91. The number of morpholine rings is 1. The zero-order valence-electron chi connectivity index (χ0n) is 18.9. The highest BCUT2D eigenvalue weighted by atomic mass is 32.2. The Labute approximate surface area is 192 Å². The fourth-order valence-electron chi connectivity index (χ4n) is 4.13. The Morgan fingerprint density at radius 3 is 2.85 bits per heavy atom. The van der Waals surface area contributed by atoms with Gasteiger partial charge >= 0.3 is 0 Å². The summed E-state index contributed by atoms with van der Waals surface area (Å²) in [6, 6.07) is 5.68. The Morgan fingerprint density at radius 1 is 1.21 bits per heavy atom. The van der Waals surface area contributed by atoms with Crippen LogP contribution in [0.1, 0.15) is 6.92 Å². The van der Waals surface area contributed by atoms with Gasteiger partial charge in [0.15, 0.2) is 11.5 Å². The predicted octanol–water partition coefficient (Wildman–Crippen LogP) is 1.94. The maximum atomic E-state index is 13.2. The van der Waals surface area contributed by atoms with Crippen LogP contribution in [0.2, 0.25) is 0 Å². The first-order valence-electron chi connectivity index (χ1n) is 10.9. The van der Waals surface area contributed by atoms with Gasteiger partial charge in [0, 0.05) is 42.6 Å². The summed E-state index contributed by atoms with van der Waals surface area (Å²) in [6.45, 7) is 4.33. The van der Waals surface area contributed by atoms with E-state index in [4.69, 9.17) is 14.7 Å². The molecule has 1 aliphatic heterocycles. The first-order valence-corrected chi connectivity index (χ1v) is 12.5. The molecule has 11 heteroatoms.